The first-order chi connectivity index (χ1) is 6.40. The molecule has 0 bridgehead atoms. The lowest BCUT2D eigenvalue weighted by atomic mass is 9.91. The molecule has 0 radical (unpaired) electrons. The summed E-state index contributed by atoms with van der Waals surface area (Å²) in [6.07, 6.45) is 7.74. The number of benzene rings is 1. The van der Waals surface area contributed by atoms with Crippen molar-refractivity contribution in [3.05, 3.63) is 54.1 Å². The van der Waals surface area contributed by atoms with Gasteiger partial charge in [-0.25, -0.2) is 0 Å². The molecule has 0 nitrogen and oxygen atoms in total. The van der Waals surface area contributed by atoms with E-state index in [1.165, 1.54) is 29.5 Å². The van der Waals surface area contributed by atoms with E-state index >= 15 is 0 Å². The maximum atomic E-state index is 3.75. The van der Waals surface area contributed by atoms with Crippen molar-refractivity contribution in [1.29, 1.82) is 0 Å². The number of rotatable bonds is 3. The van der Waals surface area contributed by atoms with Gasteiger partial charge in [0, 0.05) is 0 Å². The van der Waals surface area contributed by atoms with Crippen LogP contribution < -0.4 is 0 Å². The molecule has 1 aromatic rings. The summed E-state index contributed by atoms with van der Waals surface area (Å²) in [5, 5.41) is 0. The predicted octanol–water partition coefficient (Wildman–Crippen LogP) is 3.59. The second kappa shape index (κ2) is 3.61. The Morgan fingerprint density at radius 2 is 2.23 bits per heavy atom. The van der Waals surface area contributed by atoms with E-state index in [0.717, 1.165) is 6.42 Å². The van der Waals surface area contributed by atoms with Crippen LogP contribution in [0.15, 0.2) is 43.0 Å². The molecule has 2 rings (SSSR count). The third-order valence-corrected chi connectivity index (χ3v) is 2.48. The number of allylic oxidation sites excluding steroid dienone is 3. The van der Waals surface area contributed by atoms with Crippen molar-refractivity contribution in [3.8, 4) is 0 Å². The zero-order valence-corrected chi connectivity index (χ0v) is 7.79. The predicted molar refractivity (Wildman–Crippen MR) is 57.6 cm³/mol. The Labute approximate surface area is 79.6 Å². The molecule has 0 aliphatic heterocycles. The molecule has 0 saturated heterocycles. The number of hydrogen-bond donors (Lipinski definition) is 0. The normalized spacial score (nSPS) is 14.6. The quantitative estimate of drug-likeness (QED) is 0.608. The van der Waals surface area contributed by atoms with Gasteiger partial charge in [0.25, 0.3) is 0 Å². The summed E-state index contributed by atoms with van der Waals surface area (Å²) in [4.78, 5) is 0. The minimum atomic E-state index is 0.973. The van der Waals surface area contributed by atoms with Gasteiger partial charge in [-0.3, -0.25) is 0 Å². The van der Waals surface area contributed by atoms with E-state index in [4.69, 9.17) is 0 Å². The minimum Gasteiger partial charge on any atom is -0.103 e. The maximum absolute atomic E-state index is 3.75. The lowest BCUT2D eigenvalue weighted by Crippen LogP contribution is -1.94. The number of hydrogen-bond acceptors (Lipinski definition) is 0. The van der Waals surface area contributed by atoms with Crippen LogP contribution in [-0.2, 0) is 6.42 Å². The molecular weight excluding hydrogens is 156 g/mol. The largest absolute Gasteiger partial charge is 0.103 e. The SMILES string of the molecule is C=CCc1cccc(C2=CCC2)c1. The van der Waals surface area contributed by atoms with Gasteiger partial charge in [0.05, 0.1) is 0 Å². The summed E-state index contributed by atoms with van der Waals surface area (Å²) in [6, 6.07) is 8.75. The van der Waals surface area contributed by atoms with Crippen LogP contribution in [0.3, 0.4) is 0 Å². The van der Waals surface area contributed by atoms with Crippen LogP contribution >= 0.6 is 0 Å². The molecule has 0 fully saturated rings. The van der Waals surface area contributed by atoms with Crippen LogP contribution in [0, 0.1) is 0 Å². The van der Waals surface area contributed by atoms with Crippen LogP contribution in [-0.4, -0.2) is 0 Å². The van der Waals surface area contributed by atoms with Crippen LogP contribution in [0.5, 0.6) is 0 Å². The fourth-order valence-electron chi connectivity index (χ4n) is 1.62. The lowest BCUT2D eigenvalue weighted by Gasteiger charge is -2.15. The second-order valence-corrected chi connectivity index (χ2v) is 3.46. The van der Waals surface area contributed by atoms with Crippen molar-refractivity contribution in [2.45, 2.75) is 19.3 Å². The molecule has 0 saturated carbocycles. The molecule has 1 aromatic carbocycles. The molecule has 0 N–H and O–H groups in total. The highest BCUT2D eigenvalue weighted by atomic mass is 14.1. The van der Waals surface area contributed by atoms with E-state index in [-0.39, 0.29) is 0 Å². The summed E-state index contributed by atoms with van der Waals surface area (Å²) < 4.78 is 0. The van der Waals surface area contributed by atoms with Gasteiger partial charge in [-0.2, -0.15) is 0 Å². The maximum Gasteiger partial charge on any atom is -0.00999 e. The first kappa shape index (κ1) is 8.31. The zero-order chi connectivity index (χ0) is 9.10. The molecule has 13 heavy (non-hydrogen) atoms. The fourth-order valence-corrected chi connectivity index (χ4v) is 1.62. The van der Waals surface area contributed by atoms with E-state index in [0.29, 0.717) is 0 Å². The van der Waals surface area contributed by atoms with E-state index in [1.54, 1.807) is 0 Å². The Bertz CT molecular complexity index is 345. The molecule has 0 heteroatoms. The second-order valence-electron chi connectivity index (χ2n) is 3.46. The third kappa shape index (κ3) is 1.72. The summed E-state index contributed by atoms with van der Waals surface area (Å²) in [5.74, 6) is 0. The van der Waals surface area contributed by atoms with Crippen molar-refractivity contribution in [2.24, 2.45) is 0 Å². The van der Waals surface area contributed by atoms with E-state index in [1.807, 2.05) is 6.08 Å². The van der Waals surface area contributed by atoms with Crippen LogP contribution in [0.1, 0.15) is 24.0 Å². The van der Waals surface area contributed by atoms with Gasteiger partial charge in [-0.1, -0.05) is 36.4 Å². The molecule has 0 spiro atoms. The average Bonchev–Trinajstić information content (AvgIpc) is 2.02. The van der Waals surface area contributed by atoms with Crippen LogP contribution in [0.4, 0.5) is 0 Å². The van der Waals surface area contributed by atoms with Crippen molar-refractivity contribution in [1.82, 2.24) is 0 Å². The summed E-state index contributed by atoms with van der Waals surface area (Å²) in [6.45, 7) is 3.75. The monoisotopic (exact) mass is 170 g/mol. The van der Waals surface area contributed by atoms with Crippen LogP contribution in [0.2, 0.25) is 0 Å². The molecule has 0 atom stereocenters. The Morgan fingerprint density at radius 1 is 1.38 bits per heavy atom. The molecule has 1 aliphatic rings. The van der Waals surface area contributed by atoms with Gasteiger partial charge in [0.1, 0.15) is 0 Å². The van der Waals surface area contributed by atoms with Gasteiger partial charge >= 0.3 is 0 Å². The van der Waals surface area contributed by atoms with Crippen molar-refractivity contribution >= 4 is 5.57 Å². The van der Waals surface area contributed by atoms with E-state index in [9.17, 15) is 0 Å². The topological polar surface area (TPSA) is 0 Å². The van der Waals surface area contributed by atoms with Gasteiger partial charge in [-0.05, 0) is 36.0 Å². The summed E-state index contributed by atoms with van der Waals surface area (Å²) in [7, 11) is 0. The first-order valence-corrected chi connectivity index (χ1v) is 4.79. The van der Waals surface area contributed by atoms with Gasteiger partial charge in [-0.15, -0.1) is 6.58 Å². The highest BCUT2D eigenvalue weighted by Crippen LogP contribution is 2.29. The van der Waals surface area contributed by atoms with Crippen molar-refractivity contribution in [2.75, 3.05) is 0 Å². The standard InChI is InChI=1S/C13H14/c1-2-5-11-6-3-9-13(10-11)12-7-4-8-12/h2-3,6-7,9-10H,1,4-5,8H2. The molecular formula is C13H14. The van der Waals surface area contributed by atoms with E-state index < -0.39 is 0 Å². The Balaban J connectivity index is 2.26. The molecule has 0 heterocycles. The third-order valence-electron chi connectivity index (χ3n) is 2.48. The van der Waals surface area contributed by atoms with Crippen molar-refractivity contribution in [3.63, 3.8) is 0 Å². The highest BCUT2D eigenvalue weighted by Gasteiger charge is 2.07. The molecule has 0 amide bonds. The average molecular weight is 170 g/mol. The lowest BCUT2D eigenvalue weighted by molar-refractivity contribution is 0.987. The van der Waals surface area contributed by atoms with Crippen molar-refractivity contribution < 1.29 is 0 Å². The van der Waals surface area contributed by atoms with Gasteiger partial charge in [0.2, 0.25) is 0 Å². The van der Waals surface area contributed by atoms with Gasteiger partial charge in [0.15, 0.2) is 0 Å². The molecule has 66 valence electrons. The zero-order valence-electron chi connectivity index (χ0n) is 7.79. The molecule has 0 aromatic heterocycles. The minimum absolute atomic E-state index is 0.973. The Hall–Kier alpha value is -1.30. The van der Waals surface area contributed by atoms with Crippen LogP contribution in [0.25, 0.3) is 5.57 Å². The molecule has 0 unspecified atom stereocenters. The summed E-state index contributed by atoms with van der Waals surface area (Å²) >= 11 is 0. The van der Waals surface area contributed by atoms with Gasteiger partial charge < -0.3 is 0 Å². The fraction of sp³-hybridized carbons (Fsp3) is 0.231. The first-order valence-electron chi connectivity index (χ1n) is 4.79. The highest BCUT2D eigenvalue weighted by molar-refractivity contribution is 5.70. The Kier molecular flexibility index (Phi) is 2.31. The Morgan fingerprint density at radius 3 is 2.85 bits per heavy atom. The summed E-state index contributed by atoms with van der Waals surface area (Å²) in [5.41, 5.74) is 4.26. The smallest absolute Gasteiger partial charge is 0.00999 e. The van der Waals surface area contributed by atoms with E-state index in [2.05, 4.69) is 36.9 Å². The molecule has 1 aliphatic carbocycles.